The van der Waals surface area contributed by atoms with Crippen LogP contribution in [0.5, 0.6) is 0 Å². The Morgan fingerprint density at radius 1 is 1.29 bits per heavy atom. The van der Waals surface area contributed by atoms with Crippen molar-refractivity contribution in [2.45, 2.75) is 39.2 Å². The van der Waals surface area contributed by atoms with Gasteiger partial charge in [-0.05, 0) is 31.4 Å². The molecule has 1 fully saturated rings. The predicted molar refractivity (Wildman–Crippen MR) is 93.5 cm³/mol. The number of hydrogen-bond donors (Lipinski definition) is 1. The highest BCUT2D eigenvalue weighted by molar-refractivity contribution is 5.78. The van der Waals surface area contributed by atoms with E-state index in [9.17, 15) is 9.59 Å². The molecule has 1 saturated heterocycles. The maximum Gasteiger partial charge on any atom is 0.234 e. The third-order valence-corrected chi connectivity index (χ3v) is 4.46. The van der Waals surface area contributed by atoms with Crippen molar-refractivity contribution in [1.82, 2.24) is 20.1 Å². The Hall–Kier alpha value is -1.95. The van der Waals surface area contributed by atoms with Gasteiger partial charge in [0.05, 0.1) is 6.54 Å². The third kappa shape index (κ3) is 5.92. The lowest BCUT2D eigenvalue weighted by Gasteiger charge is -2.34. The van der Waals surface area contributed by atoms with Crippen LogP contribution < -0.4 is 5.32 Å². The summed E-state index contributed by atoms with van der Waals surface area (Å²) in [5.41, 5.74) is 1.09. The number of nitrogens with zero attached hydrogens (tertiary/aromatic N) is 3. The maximum atomic E-state index is 12.3. The monoisotopic (exact) mass is 332 g/mol. The molecule has 2 rings (SSSR count). The Kier molecular flexibility index (Phi) is 7.18. The van der Waals surface area contributed by atoms with E-state index in [0.29, 0.717) is 26.1 Å². The fraction of sp³-hybridized carbons (Fsp3) is 0.611. The summed E-state index contributed by atoms with van der Waals surface area (Å²) in [5, 5.41) is 2.98. The number of carbonyl (C=O) groups excluding carboxylic acids is 2. The van der Waals surface area contributed by atoms with Crippen LogP contribution in [0.4, 0.5) is 0 Å². The van der Waals surface area contributed by atoms with Gasteiger partial charge in [0.15, 0.2) is 0 Å². The smallest absolute Gasteiger partial charge is 0.234 e. The summed E-state index contributed by atoms with van der Waals surface area (Å²) in [5.74, 6) is 0.253. The van der Waals surface area contributed by atoms with Gasteiger partial charge >= 0.3 is 0 Å². The van der Waals surface area contributed by atoms with Gasteiger partial charge in [0, 0.05) is 51.0 Å². The van der Waals surface area contributed by atoms with Crippen LogP contribution in [0, 0.1) is 0 Å². The molecule has 1 unspecified atom stereocenters. The summed E-state index contributed by atoms with van der Waals surface area (Å²) in [6.07, 6.45) is 5.72. The van der Waals surface area contributed by atoms with Crippen LogP contribution >= 0.6 is 0 Å². The molecule has 24 heavy (non-hydrogen) atoms. The van der Waals surface area contributed by atoms with Gasteiger partial charge in [0.1, 0.15) is 0 Å². The van der Waals surface area contributed by atoms with Crippen LogP contribution in [0.3, 0.4) is 0 Å². The number of carbonyl (C=O) groups is 2. The van der Waals surface area contributed by atoms with E-state index < -0.39 is 0 Å². The van der Waals surface area contributed by atoms with Crippen LogP contribution in [-0.2, 0) is 16.0 Å². The molecule has 0 bridgehead atoms. The first-order chi connectivity index (χ1) is 11.6. The van der Waals surface area contributed by atoms with E-state index in [2.05, 4.69) is 22.1 Å². The molecular weight excluding hydrogens is 304 g/mol. The number of hydrogen-bond acceptors (Lipinski definition) is 4. The fourth-order valence-corrected chi connectivity index (χ4v) is 2.74. The quantitative estimate of drug-likeness (QED) is 0.811. The van der Waals surface area contributed by atoms with Crippen LogP contribution in [0.2, 0.25) is 0 Å². The van der Waals surface area contributed by atoms with Crippen molar-refractivity contribution in [2.24, 2.45) is 0 Å². The molecular formula is C18H28N4O2. The highest BCUT2D eigenvalue weighted by atomic mass is 16.2. The first kappa shape index (κ1) is 18.4. The summed E-state index contributed by atoms with van der Waals surface area (Å²) >= 11 is 0. The first-order valence-corrected chi connectivity index (χ1v) is 8.77. The van der Waals surface area contributed by atoms with Crippen molar-refractivity contribution in [1.29, 1.82) is 0 Å². The molecule has 1 aromatic rings. The number of aromatic nitrogens is 1. The minimum Gasteiger partial charge on any atom is -0.353 e. The van der Waals surface area contributed by atoms with Gasteiger partial charge in [-0.1, -0.05) is 13.0 Å². The predicted octanol–water partition coefficient (Wildman–Crippen LogP) is 1.07. The SMILES string of the molecule is CCC(C)NC(=O)CN1CCN(C(=O)CCc2cccnc2)CC1. The number of aryl methyl sites for hydroxylation is 1. The molecule has 0 aliphatic carbocycles. The van der Waals surface area contributed by atoms with Crippen molar-refractivity contribution in [3.05, 3.63) is 30.1 Å². The molecule has 6 nitrogen and oxygen atoms in total. The van der Waals surface area contributed by atoms with Gasteiger partial charge in [-0.3, -0.25) is 19.5 Å². The standard InChI is InChI=1S/C18H28N4O2/c1-3-15(2)20-17(23)14-21-9-11-22(12-10-21)18(24)7-6-16-5-4-8-19-13-16/h4-5,8,13,15H,3,6-7,9-12,14H2,1-2H3,(H,20,23). The van der Waals surface area contributed by atoms with Crippen molar-refractivity contribution in [2.75, 3.05) is 32.7 Å². The lowest BCUT2D eigenvalue weighted by molar-refractivity contribution is -0.133. The van der Waals surface area contributed by atoms with Gasteiger partial charge in [0.2, 0.25) is 11.8 Å². The Morgan fingerprint density at radius 3 is 2.67 bits per heavy atom. The van der Waals surface area contributed by atoms with E-state index in [4.69, 9.17) is 0 Å². The van der Waals surface area contributed by atoms with E-state index >= 15 is 0 Å². The summed E-state index contributed by atoms with van der Waals surface area (Å²) in [6.45, 7) is 7.39. The second-order valence-electron chi connectivity index (χ2n) is 6.40. The van der Waals surface area contributed by atoms with E-state index in [1.165, 1.54) is 0 Å². The van der Waals surface area contributed by atoms with Crippen molar-refractivity contribution in [3.63, 3.8) is 0 Å². The number of pyridine rings is 1. The normalized spacial score (nSPS) is 16.7. The van der Waals surface area contributed by atoms with E-state index in [1.807, 2.05) is 24.0 Å². The van der Waals surface area contributed by atoms with Gasteiger partial charge in [-0.15, -0.1) is 0 Å². The Labute approximate surface area is 144 Å². The number of amides is 2. The molecule has 1 aliphatic heterocycles. The van der Waals surface area contributed by atoms with E-state index in [1.54, 1.807) is 12.4 Å². The Morgan fingerprint density at radius 2 is 2.04 bits per heavy atom. The van der Waals surface area contributed by atoms with Crippen molar-refractivity contribution >= 4 is 11.8 Å². The fourth-order valence-electron chi connectivity index (χ4n) is 2.74. The molecule has 2 amide bonds. The van der Waals surface area contributed by atoms with Crippen molar-refractivity contribution in [3.8, 4) is 0 Å². The molecule has 0 saturated carbocycles. The molecule has 6 heteroatoms. The third-order valence-electron chi connectivity index (χ3n) is 4.46. The lowest BCUT2D eigenvalue weighted by atomic mass is 10.1. The van der Waals surface area contributed by atoms with E-state index in [-0.39, 0.29) is 17.9 Å². The topological polar surface area (TPSA) is 65.5 Å². The molecule has 132 valence electrons. The van der Waals surface area contributed by atoms with Gasteiger partial charge in [-0.25, -0.2) is 0 Å². The molecule has 0 spiro atoms. The zero-order valence-corrected chi connectivity index (χ0v) is 14.7. The molecule has 1 atom stereocenters. The number of rotatable bonds is 7. The minimum absolute atomic E-state index is 0.0701. The summed E-state index contributed by atoms with van der Waals surface area (Å²) in [4.78, 5) is 32.3. The van der Waals surface area contributed by atoms with Gasteiger partial charge < -0.3 is 10.2 Å². The number of piperazine rings is 1. The zero-order chi connectivity index (χ0) is 17.4. The number of nitrogens with one attached hydrogen (secondary N) is 1. The zero-order valence-electron chi connectivity index (χ0n) is 14.7. The minimum atomic E-state index is 0.0701. The molecule has 0 radical (unpaired) electrons. The average molecular weight is 332 g/mol. The average Bonchev–Trinajstić information content (AvgIpc) is 2.61. The second-order valence-corrected chi connectivity index (χ2v) is 6.40. The van der Waals surface area contributed by atoms with Gasteiger partial charge in [-0.2, -0.15) is 0 Å². The molecule has 1 N–H and O–H groups in total. The maximum absolute atomic E-state index is 12.3. The Balaban J connectivity index is 1.68. The van der Waals surface area contributed by atoms with Crippen LogP contribution in [-0.4, -0.2) is 65.4 Å². The molecule has 1 aromatic heterocycles. The summed E-state index contributed by atoms with van der Waals surface area (Å²) in [6, 6.07) is 4.10. The van der Waals surface area contributed by atoms with Crippen LogP contribution in [0.15, 0.2) is 24.5 Å². The largest absolute Gasteiger partial charge is 0.353 e. The lowest BCUT2D eigenvalue weighted by Crippen LogP contribution is -2.51. The Bertz CT molecular complexity index is 527. The van der Waals surface area contributed by atoms with Crippen molar-refractivity contribution < 1.29 is 9.59 Å². The summed E-state index contributed by atoms with van der Waals surface area (Å²) < 4.78 is 0. The van der Waals surface area contributed by atoms with E-state index in [0.717, 1.165) is 31.5 Å². The summed E-state index contributed by atoms with van der Waals surface area (Å²) in [7, 11) is 0. The van der Waals surface area contributed by atoms with Crippen LogP contribution in [0.1, 0.15) is 32.3 Å². The molecule has 2 heterocycles. The van der Waals surface area contributed by atoms with Gasteiger partial charge in [0.25, 0.3) is 0 Å². The molecule has 0 aromatic carbocycles. The highest BCUT2D eigenvalue weighted by Gasteiger charge is 2.22. The highest BCUT2D eigenvalue weighted by Crippen LogP contribution is 2.07. The second kappa shape index (κ2) is 9.37. The first-order valence-electron chi connectivity index (χ1n) is 8.77. The van der Waals surface area contributed by atoms with Crippen LogP contribution in [0.25, 0.3) is 0 Å². The molecule has 1 aliphatic rings.